The molecule has 1 aromatic rings. The van der Waals surface area contributed by atoms with Gasteiger partial charge in [-0.25, -0.2) is 5.32 Å². The Balaban J connectivity index is 3.07. The van der Waals surface area contributed by atoms with Crippen molar-refractivity contribution < 1.29 is 9.72 Å². The first-order chi connectivity index (χ1) is 7.41. The summed E-state index contributed by atoms with van der Waals surface area (Å²) in [6.07, 6.45) is 0. The molecule has 16 heavy (non-hydrogen) atoms. The molecule has 0 atom stereocenters. The van der Waals surface area contributed by atoms with E-state index in [2.05, 4.69) is 5.32 Å². The maximum atomic E-state index is 11.7. The highest BCUT2D eigenvalue weighted by molar-refractivity contribution is 5.96. The predicted octanol–water partition coefficient (Wildman–Crippen LogP) is 2.06. The Hall–Kier alpha value is -1.91. The van der Waals surface area contributed by atoms with E-state index in [1.807, 2.05) is 0 Å². The first kappa shape index (κ1) is 12.2. The van der Waals surface area contributed by atoms with E-state index in [0.717, 1.165) is 0 Å². The third-order valence-corrected chi connectivity index (χ3v) is 2.04. The fourth-order valence-electron chi connectivity index (χ4n) is 1.26. The van der Waals surface area contributed by atoms with Crippen LogP contribution in [0.5, 0.6) is 0 Å². The summed E-state index contributed by atoms with van der Waals surface area (Å²) < 4.78 is 0. The predicted molar refractivity (Wildman–Crippen MR) is 59.4 cm³/mol. The summed E-state index contributed by atoms with van der Waals surface area (Å²) in [5.74, 6) is -0.406. The van der Waals surface area contributed by atoms with E-state index in [4.69, 9.17) is 0 Å². The summed E-state index contributed by atoms with van der Waals surface area (Å²) >= 11 is 0. The minimum absolute atomic E-state index is 0.0899. The van der Waals surface area contributed by atoms with Gasteiger partial charge in [-0.1, -0.05) is 6.07 Å². The zero-order chi connectivity index (χ0) is 12.3. The van der Waals surface area contributed by atoms with Crippen LogP contribution in [0.3, 0.4) is 0 Å². The molecule has 0 saturated heterocycles. The highest BCUT2D eigenvalue weighted by Gasteiger charge is 2.16. The minimum atomic E-state index is -0.522. The molecule has 0 spiro atoms. The lowest BCUT2D eigenvalue weighted by molar-refractivity contribution is -0.384. The van der Waals surface area contributed by atoms with E-state index in [1.54, 1.807) is 26.8 Å². The molecule has 0 aliphatic carbocycles. The number of aryl methyl sites for hydroxylation is 1. The first-order valence-electron chi connectivity index (χ1n) is 4.92. The number of nitro benzene ring substituents is 1. The van der Waals surface area contributed by atoms with Gasteiger partial charge in [0, 0.05) is 18.2 Å². The maximum absolute atomic E-state index is 11.7. The summed E-state index contributed by atoms with van der Waals surface area (Å²) in [5, 5.41) is 14.4. The number of carbonyl (C=O) groups is 1. The number of hydrogen-bond acceptors (Lipinski definition) is 3. The standard InChI is InChI=1S/C11H13N2O3/c1-7(2)12-11(14)10-6-9(13(15)16)5-4-8(10)3/h4-7H,1-3H3. The van der Waals surface area contributed by atoms with Crippen molar-refractivity contribution in [3.05, 3.63) is 39.4 Å². The van der Waals surface area contributed by atoms with E-state index >= 15 is 0 Å². The van der Waals surface area contributed by atoms with E-state index in [1.165, 1.54) is 12.1 Å². The Labute approximate surface area is 93.6 Å². The van der Waals surface area contributed by atoms with Crippen molar-refractivity contribution in [1.29, 1.82) is 0 Å². The molecule has 0 aliphatic heterocycles. The monoisotopic (exact) mass is 221 g/mol. The number of carbonyl (C=O) groups excluding carboxylic acids is 1. The Morgan fingerprint density at radius 1 is 1.44 bits per heavy atom. The quantitative estimate of drug-likeness (QED) is 0.579. The molecular formula is C11H13N2O3. The van der Waals surface area contributed by atoms with Gasteiger partial charge >= 0.3 is 0 Å². The normalized spacial score (nSPS) is 10.2. The second-order valence-electron chi connectivity index (χ2n) is 3.78. The van der Waals surface area contributed by atoms with Crippen LogP contribution in [0, 0.1) is 17.0 Å². The Morgan fingerprint density at radius 2 is 2.06 bits per heavy atom. The molecule has 1 rings (SSSR count). The van der Waals surface area contributed by atoms with Crippen molar-refractivity contribution in [2.24, 2.45) is 0 Å². The van der Waals surface area contributed by atoms with Crippen molar-refractivity contribution in [2.75, 3.05) is 0 Å². The average molecular weight is 221 g/mol. The number of non-ortho nitro benzene ring substituents is 1. The van der Waals surface area contributed by atoms with Crippen LogP contribution in [0.25, 0.3) is 0 Å². The molecule has 1 aromatic carbocycles. The minimum Gasteiger partial charge on any atom is -0.267 e. The fraction of sp³-hybridized carbons (Fsp3) is 0.364. The molecule has 0 bridgehead atoms. The molecule has 0 saturated carbocycles. The van der Waals surface area contributed by atoms with Crippen LogP contribution in [0.15, 0.2) is 18.2 Å². The van der Waals surface area contributed by atoms with Crippen molar-refractivity contribution in [2.45, 2.75) is 26.8 Å². The molecule has 0 fully saturated rings. The lowest BCUT2D eigenvalue weighted by Crippen LogP contribution is -2.23. The topological polar surface area (TPSA) is 74.3 Å². The van der Waals surface area contributed by atoms with Gasteiger partial charge in [-0.3, -0.25) is 14.9 Å². The molecule has 0 aromatic heterocycles. The maximum Gasteiger partial charge on any atom is 0.273 e. The molecule has 5 heteroatoms. The summed E-state index contributed by atoms with van der Waals surface area (Å²) in [6, 6.07) is 4.08. The zero-order valence-corrected chi connectivity index (χ0v) is 9.43. The highest BCUT2D eigenvalue weighted by Crippen LogP contribution is 2.17. The van der Waals surface area contributed by atoms with Crippen LogP contribution in [0.4, 0.5) is 5.69 Å². The number of nitro groups is 1. The second kappa shape index (κ2) is 4.74. The lowest BCUT2D eigenvalue weighted by Gasteiger charge is -2.07. The van der Waals surface area contributed by atoms with Gasteiger partial charge in [-0.05, 0) is 26.3 Å². The average Bonchev–Trinajstić information content (AvgIpc) is 2.16. The first-order valence-corrected chi connectivity index (χ1v) is 4.92. The van der Waals surface area contributed by atoms with Crippen LogP contribution in [-0.4, -0.2) is 16.9 Å². The van der Waals surface area contributed by atoms with Gasteiger partial charge in [0.25, 0.3) is 11.6 Å². The number of hydrogen-bond donors (Lipinski definition) is 0. The molecule has 0 unspecified atom stereocenters. The highest BCUT2D eigenvalue weighted by atomic mass is 16.6. The van der Waals surface area contributed by atoms with Crippen LogP contribution >= 0.6 is 0 Å². The summed E-state index contributed by atoms with van der Waals surface area (Å²) in [7, 11) is 0. The van der Waals surface area contributed by atoms with Gasteiger partial charge < -0.3 is 0 Å². The molecule has 0 N–H and O–H groups in total. The van der Waals surface area contributed by atoms with E-state index < -0.39 is 10.8 Å². The SMILES string of the molecule is Cc1ccc([N+](=O)[O-])cc1C(=O)[N]C(C)C. The van der Waals surface area contributed by atoms with Crippen molar-refractivity contribution in [3.63, 3.8) is 0 Å². The number of benzene rings is 1. The van der Waals surface area contributed by atoms with Crippen LogP contribution < -0.4 is 5.32 Å². The summed E-state index contributed by atoms with van der Waals surface area (Å²) in [6.45, 7) is 5.29. The smallest absolute Gasteiger partial charge is 0.267 e. The zero-order valence-electron chi connectivity index (χ0n) is 9.43. The lowest BCUT2D eigenvalue weighted by atomic mass is 10.1. The van der Waals surface area contributed by atoms with Crippen LogP contribution in [0.2, 0.25) is 0 Å². The van der Waals surface area contributed by atoms with Crippen molar-refractivity contribution in [3.8, 4) is 0 Å². The molecule has 85 valence electrons. The summed E-state index contributed by atoms with van der Waals surface area (Å²) in [4.78, 5) is 21.7. The molecule has 0 aliphatic rings. The number of nitrogens with zero attached hydrogens (tertiary/aromatic N) is 2. The van der Waals surface area contributed by atoms with E-state index in [-0.39, 0.29) is 11.7 Å². The molecular weight excluding hydrogens is 208 g/mol. The second-order valence-corrected chi connectivity index (χ2v) is 3.78. The van der Waals surface area contributed by atoms with Gasteiger partial charge in [0.05, 0.1) is 10.5 Å². The number of rotatable bonds is 3. The Bertz CT molecular complexity index is 427. The van der Waals surface area contributed by atoms with Crippen LogP contribution in [0.1, 0.15) is 29.8 Å². The largest absolute Gasteiger partial charge is 0.273 e. The van der Waals surface area contributed by atoms with Gasteiger partial charge in [0.15, 0.2) is 0 Å². The molecule has 5 nitrogen and oxygen atoms in total. The van der Waals surface area contributed by atoms with Gasteiger partial charge in [-0.15, -0.1) is 0 Å². The summed E-state index contributed by atoms with van der Waals surface area (Å²) in [5.41, 5.74) is 0.899. The Kier molecular flexibility index (Phi) is 3.60. The van der Waals surface area contributed by atoms with Gasteiger partial charge in [0.1, 0.15) is 0 Å². The van der Waals surface area contributed by atoms with Gasteiger partial charge in [0.2, 0.25) is 0 Å². The van der Waals surface area contributed by atoms with Crippen molar-refractivity contribution in [1.82, 2.24) is 5.32 Å². The van der Waals surface area contributed by atoms with E-state index in [9.17, 15) is 14.9 Å². The molecule has 0 heterocycles. The van der Waals surface area contributed by atoms with Gasteiger partial charge in [-0.2, -0.15) is 0 Å². The van der Waals surface area contributed by atoms with Crippen molar-refractivity contribution >= 4 is 11.6 Å². The van der Waals surface area contributed by atoms with Crippen LogP contribution in [-0.2, 0) is 0 Å². The third kappa shape index (κ3) is 2.79. The van der Waals surface area contributed by atoms with E-state index in [0.29, 0.717) is 11.1 Å². The molecule has 1 amide bonds. The number of amides is 1. The molecule has 1 radical (unpaired) electrons. The fourth-order valence-corrected chi connectivity index (χ4v) is 1.26. The third-order valence-electron chi connectivity index (χ3n) is 2.04. The Morgan fingerprint density at radius 3 is 2.56 bits per heavy atom.